The van der Waals surface area contributed by atoms with Gasteiger partial charge in [-0.05, 0) is 56.4 Å². The Labute approximate surface area is 139 Å². The summed E-state index contributed by atoms with van der Waals surface area (Å²) in [6.45, 7) is 7.48. The summed E-state index contributed by atoms with van der Waals surface area (Å²) in [4.78, 5) is 10.5. The van der Waals surface area contributed by atoms with Gasteiger partial charge in [0.05, 0.1) is 13.2 Å². The zero-order chi connectivity index (χ0) is 17.2. The molecule has 1 unspecified atom stereocenters. The third-order valence-corrected chi connectivity index (χ3v) is 3.63. The highest BCUT2D eigenvalue weighted by molar-refractivity contribution is 5.66. The average molecular weight is 323 g/mol. The van der Waals surface area contributed by atoms with Gasteiger partial charge in [0.1, 0.15) is 5.75 Å². The molecule has 0 heterocycles. The summed E-state index contributed by atoms with van der Waals surface area (Å²) in [6.07, 6.45) is 2.50. The van der Waals surface area contributed by atoms with Gasteiger partial charge in [0.2, 0.25) is 0 Å². The molecule has 0 aromatic heterocycles. The fourth-order valence-electron chi connectivity index (χ4n) is 2.50. The fourth-order valence-corrected chi connectivity index (χ4v) is 2.50. The van der Waals surface area contributed by atoms with Crippen molar-refractivity contribution < 1.29 is 19.4 Å². The number of unbranched alkanes of at least 4 members (excludes halogenated alkanes) is 1. The van der Waals surface area contributed by atoms with Crippen molar-refractivity contribution in [1.82, 2.24) is 0 Å². The Morgan fingerprint density at radius 1 is 1.35 bits per heavy atom. The van der Waals surface area contributed by atoms with Crippen LogP contribution in [0.4, 0.5) is 5.69 Å². The highest BCUT2D eigenvalue weighted by atomic mass is 16.5. The number of hydrogen-bond acceptors (Lipinski definition) is 4. The number of nitrogens with one attached hydrogen (secondary N) is 1. The van der Waals surface area contributed by atoms with Crippen molar-refractivity contribution in [1.29, 1.82) is 0 Å². The van der Waals surface area contributed by atoms with E-state index in [0.29, 0.717) is 19.6 Å². The number of benzene rings is 1. The van der Waals surface area contributed by atoms with Crippen molar-refractivity contribution in [3.63, 3.8) is 0 Å². The molecule has 0 aliphatic rings. The number of methoxy groups -OCH3 is 1. The molecule has 0 amide bonds. The summed E-state index contributed by atoms with van der Waals surface area (Å²) in [6, 6.07) is 4.33. The maximum atomic E-state index is 10.5. The third kappa shape index (κ3) is 6.91. The van der Waals surface area contributed by atoms with E-state index >= 15 is 0 Å². The molecule has 5 heteroatoms. The summed E-state index contributed by atoms with van der Waals surface area (Å²) in [7, 11) is 1.70. The molecule has 0 spiro atoms. The summed E-state index contributed by atoms with van der Waals surface area (Å²) < 4.78 is 11.0. The molecule has 1 rings (SSSR count). The molecule has 0 radical (unpaired) electrons. The Hall–Kier alpha value is -1.75. The average Bonchev–Trinajstić information content (AvgIpc) is 2.49. The van der Waals surface area contributed by atoms with Gasteiger partial charge in [-0.2, -0.15) is 0 Å². The molecule has 0 bridgehead atoms. The van der Waals surface area contributed by atoms with Crippen molar-refractivity contribution in [2.75, 3.05) is 25.6 Å². The van der Waals surface area contributed by atoms with E-state index in [2.05, 4.69) is 32.2 Å². The van der Waals surface area contributed by atoms with E-state index in [1.807, 2.05) is 6.07 Å². The number of carboxylic acid groups (broad SMARTS) is 1. The van der Waals surface area contributed by atoms with E-state index in [4.69, 9.17) is 14.6 Å². The smallest absolute Gasteiger partial charge is 0.303 e. The number of carboxylic acids is 1. The van der Waals surface area contributed by atoms with Gasteiger partial charge in [-0.1, -0.05) is 6.92 Å². The van der Waals surface area contributed by atoms with E-state index in [9.17, 15) is 4.79 Å². The van der Waals surface area contributed by atoms with Crippen molar-refractivity contribution in [2.24, 2.45) is 0 Å². The van der Waals surface area contributed by atoms with Gasteiger partial charge in [0, 0.05) is 25.3 Å². The minimum atomic E-state index is -0.755. The molecule has 130 valence electrons. The van der Waals surface area contributed by atoms with Crippen LogP contribution < -0.4 is 10.1 Å². The second-order valence-electron chi connectivity index (χ2n) is 5.83. The molecule has 1 aromatic rings. The van der Waals surface area contributed by atoms with E-state index in [1.165, 1.54) is 5.56 Å². The van der Waals surface area contributed by atoms with E-state index in [1.54, 1.807) is 7.11 Å². The van der Waals surface area contributed by atoms with Crippen molar-refractivity contribution in [3.05, 3.63) is 23.3 Å². The highest BCUT2D eigenvalue weighted by Crippen LogP contribution is 2.28. The minimum absolute atomic E-state index is 0.197. The lowest BCUT2D eigenvalue weighted by molar-refractivity contribution is -0.137. The zero-order valence-corrected chi connectivity index (χ0v) is 14.6. The zero-order valence-electron chi connectivity index (χ0n) is 14.6. The van der Waals surface area contributed by atoms with E-state index in [-0.39, 0.29) is 12.5 Å². The Kier molecular flexibility index (Phi) is 8.48. The van der Waals surface area contributed by atoms with Crippen LogP contribution in [-0.4, -0.2) is 37.4 Å². The fraction of sp³-hybridized carbons (Fsp3) is 0.611. The Morgan fingerprint density at radius 3 is 2.70 bits per heavy atom. The minimum Gasteiger partial charge on any atom is -0.494 e. The first-order valence-corrected chi connectivity index (χ1v) is 8.21. The van der Waals surface area contributed by atoms with E-state index < -0.39 is 5.97 Å². The molecule has 0 fully saturated rings. The first kappa shape index (κ1) is 19.3. The lowest BCUT2D eigenvalue weighted by Gasteiger charge is -2.20. The van der Waals surface area contributed by atoms with Crippen molar-refractivity contribution in [2.45, 2.75) is 52.5 Å². The number of aliphatic carboxylic acids is 1. The number of rotatable bonds is 11. The van der Waals surface area contributed by atoms with Crippen LogP contribution in [0.3, 0.4) is 0 Å². The van der Waals surface area contributed by atoms with Crippen LogP contribution in [0.15, 0.2) is 12.1 Å². The standard InChI is InChI=1S/C18H29NO4/c1-5-15-11-16(23-9-7-6-8-17(20)21)10-13(2)18(15)19-14(3)12-22-4/h10-11,14,19H,5-9,12H2,1-4H3,(H,20,21). The molecular formula is C18H29NO4. The monoisotopic (exact) mass is 323 g/mol. The summed E-state index contributed by atoms with van der Waals surface area (Å²) in [5.41, 5.74) is 3.51. The predicted molar refractivity (Wildman–Crippen MR) is 92.5 cm³/mol. The first-order chi connectivity index (χ1) is 11.0. The van der Waals surface area contributed by atoms with E-state index in [0.717, 1.165) is 29.8 Å². The van der Waals surface area contributed by atoms with Gasteiger partial charge in [0.25, 0.3) is 0 Å². The highest BCUT2D eigenvalue weighted by Gasteiger charge is 2.11. The molecule has 1 aromatic carbocycles. The van der Waals surface area contributed by atoms with Gasteiger partial charge in [0.15, 0.2) is 0 Å². The van der Waals surface area contributed by atoms with Gasteiger partial charge >= 0.3 is 5.97 Å². The maximum absolute atomic E-state index is 10.5. The van der Waals surface area contributed by atoms with Crippen LogP contribution in [0.1, 0.15) is 44.2 Å². The Morgan fingerprint density at radius 2 is 2.09 bits per heavy atom. The molecule has 2 N–H and O–H groups in total. The Bertz CT molecular complexity index is 502. The van der Waals surface area contributed by atoms with Gasteiger partial charge in [-0.25, -0.2) is 0 Å². The summed E-state index contributed by atoms with van der Waals surface area (Å²) >= 11 is 0. The largest absolute Gasteiger partial charge is 0.494 e. The second-order valence-corrected chi connectivity index (χ2v) is 5.83. The number of anilines is 1. The quantitative estimate of drug-likeness (QED) is 0.609. The molecule has 1 atom stereocenters. The molecule has 0 saturated carbocycles. The SMILES string of the molecule is CCc1cc(OCCCCC(=O)O)cc(C)c1NC(C)COC. The molecule has 0 saturated heterocycles. The molecule has 0 aliphatic heterocycles. The summed E-state index contributed by atoms with van der Waals surface area (Å²) in [5.74, 6) is 0.0920. The predicted octanol–water partition coefficient (Wildman–Crippen LogP) is 3.64. The third-order valence-electron chi connectivity index (χ3n) is 3.63. The van der Waals surface area contributed by atoms with Crippen LogP contribution >= 0.6 is 0 Å². The molecule has 5 nitrogen and oxygen atoms in total. The molecule has 23 heavy (non-hydrogen) atoms. The van der Waals surface area contributed by atoms with Crippen LogP contribution in [0.2, 0.25) is 0 Å². The Balaban J connectivity index is 2.66. The van der Waals surface area contributed by atoms with Crippen molar-refractivity contribution >= 4 is 11.7 Å². The van der Waals surface area contributed by atoms with Gasteiger partial charge < -0.3 is 19.9 Å². The number of carbonyl (C=O) groups is 1. The lowest BCUT2D eigenvalue weighted by atomic mass is 10.0. The molecular weight excluding hydrogens is 294 g/mol. The van der Waals surface area contributed by atoms with Crippen LogP contribution in [0, 0.1) is 6.92 Å². The van der Waals surface area contributed by atoms with Gasteiger partial charge in [-0.3, -0.25) is 4.79 Å². The number of hydrogen-bond donors (Lipinski definition) is 2. The van der Waals surface area contributed by atoms with Crippen LogP contribution in [-0.2, 0) is 16.0 Å². The maximum Gasteiger partial charge on any atom is 0.303 e. The van der Waals surface area contributed by atoms with Crippen molar-refractivity contribution in [3.8, 4) is 5.75 Å². The van der Waals surface area contributed by atoms with Crippen LogP contribution in [0.5, 0.6) is 5.75 Å². The first-order valence-electron chi connectivity index (χ1n) is 8.21. The van der Waals surface area contributed by atoms with Gasteiger partial charge in [-0.15, -0.1) is 0 Å². The summed E-state index contributed by atoms with van der Waals surface area (Å²) in [5, 5.41) is 12.1. The normalized spacial score (nSPS) is 12.0. The lowest BCUT2D eigenvalue weighted by Crippen LogP contribution is -2.22. The van der Waals surface area contributed by atoms with Crippen LogP contribution in [0.25, 0.3) is 0 Å². The molecule has 0 aliphatic carbocycles. The second kappa shape index (κ2) is 10.1. The number of ether oxygens (including phenoxy) is 2. The topological polar surface area (TPSA) is 67.8 Å². The number of aryl methyl sites for hydroxylation is 2.